The molecule has 38 valence electrons. The summed E-state index contributed by atoms with van der Waals surface area (Å²) >= 11 is 0. The summed E-state index contributed by atoms with van der Waals surface area (Å²) in [7, 11) is 5.08. The highest BCUT2D eigenvalue weighted by atomic mass is 16.1. The number of carbonyl (C=O) groups excluding carboxylic acids is 1. The molecular formula is C5H9BO. The van der Waals surface area contributed by atoms with Crippen molar-refractivity contribution in [2.45, 2.75) is 26.1 Å². The fourth-order valence-electron chi connectivity index (χ4n) is 0.286. The van der Waals surface area contributed by atoms with Gasteiger partial charge in [-0.1, -0.05) is 13.2 Å². The zero-order chi connectivity index (χ0) is 6.41. The van der Waals surface area contributed by atoms with E-state index in [1.807, 2.05) is 0 Å². The monoisotopic (exact) mass is 97.1 g/mol. The molecule has 0 aliphatic rings. The van der Waals surface area contributed by atoms with Gasteiger partial charge in [0, 0.05) is 7.79 Å². The minimum Gasteiger partial charge on any atom is -0.300 e. The number of hydrogen-bond acceptors (Lipinski definition) is 1. The van der Waals surface area contributed by atoms with E-state index in [1.54, 1.807) is 0 Å². The van der Waals surface area contributed by atoms with Crippen LogP contribution in [-0.4, -0.2) is 13.6 Å². The highest BCUT2D eigenvalue weighted by molar-refractivity contribution is 6.10. The van der Waals surface area contributed by atoms with E-state index in [1.165, 1.54) is 0 Å². The maximum Gasteiger partial charge on any atom is 0.131 e. The third-order valence-corrected chi connectivity index (χ3v) is 0.702. The predicted molar refractivity (Wildman–Crippen MR) is 30.5 cm³/mol. The third kappa shape index (κ3) is 3.57. The van der Waals surface area contributed by atoms with Crippen LogP contribution in [0.4, 0.5) is 0 Å². The number of carbonyl (C=O) groups is 1. The molecule has 0 saturated carbocycles. The second-order valence-electron chi connectivity index (χ2n) is 1.33. The van der Waals surface area contributed by atoms with E-state index in [9.17, 15) is 4.79 Å². The first-order valence-electron chi connectivity index (χ1n) is 3.03. The molecule has 0 heterocycles. The Morgan fingerprint density at radius 2 is 2.71 bits per heavy atom. The first-order chi connectivity index (χ1) is 3.81. The van der Waals surface area contributed by atoms with Crippen LogP contribution in [0.15, 0.2) is 0 Å². The molecule has 0 aromatic rings. The fourth-order valence-corrected chi connectivity index (χ4v) is 0.286. The van der Waals surface area contributed by atoms with Crippen molar-refractivity contribution in [1.29, 1.82) is 0 Å². The highest BCUT2D eigenvalue weighted by Gasteiger charge is 1.91. The normalized spacial score (nSPS) is 10.6. The molecule has 0 aliphatic heterocycles. The van der Waals surface area contributed by atoms with Gasteiger partial charge in [0.15, 0.2) is 0 Å². The summed E-state index contributed by atoms with van der Waals surface area (Å²) in [6.07, 6.45) is 1.20. The van der Waals surface area contributed by atoms with Crippen LogP contribution in [0, 0.1) is 0 Å². The van der Waals surface area contributed by atoms with Crippen LogP contribution in [0.5, 0.6) is 0 Å². The summed E-state index contributed by atoms with van der Waals surface area (Å²) in [4.78, 5) is 10.4. The van der Waals surface area contributed by atoms with Crippen molar-refractivity contribution in [3.05, 3.63) is 0 Å². The molecule has 0 aromatic heterocycles. The standard InChI is InChI=1S/C5H9BO/c1-2-5(7)3-4-6/h2-4H2,1H3/i1D. The van der Waals surface area contributed by atoms with E-state index in [2.05, 4.69) is 0 Å². The van der Waals surface area contributed by atoms with Gasteiger partial charge in [-0.15, -0.1) is 0 Å². The van der Waals surface area contributed by atoms with Crippen LogP contribution < -0.4 is 0 Å². The van der Waals surface area contributed by atoms with Crippen LogP contribution >= 0.6 is 0 Å². The molecule has 0 unspecified atom stereocenters. The fraction of sp³-hybridized carbons (Fsp3) is 0.800. The molecule has 0 bridgehead atoms. The number of hydrogen-bond donors (Lipinski definition) is 0. The van der Waals surface area contributed by atoms with Crippen LogP contribution in [0.1, 0.15) is 21.1 Å². The molecule has 2 radical (unpaired) electrons. The quantitative estimate of drug-likeness (QED) is 0.479. The van der Waals surface area contributed by atoms with Crippen molar-refractivity contribution < 1.29 is 6.17 Å². The Hall–Kier alpha value is -0.265. The molecule has 0 rings (SSSR count). The molecule has 0 aliphatic carbocycles. The summed E-state index contributed by atoms with van der Waals surface area (Å²) in [5.74, 6) is 0.0995. The van der Waals surface area contributed by atoms with Gasteiger partial charge in [0.05, 0.1) is 7.85 Å². The Labute approximate surface area is 46.9 Å². The van der Waals surface area contributed by atoms with Gasteiger partial charge in [0.1, 0.15) is 5.78 Å². The number of rotatable bonds is 3. The van der Waals surface area contributed by atoms with E-state index in [-0.39, 0.29) is 12.7 Å². The topological polar surface area (TPSA) is 17.1 Å². The van der Waals surface area contributed by atoms with Gasteiger partial charge in [-0.2, -0.15) is 0 Å². The Balaban J connectivity index is 3.06. The van der Waals surface area contributed by atoms with E-state index < -0.39 is 0 Å². The number of ketones is 1. The molecule has 0 aromatic carbocycles. The lowest BCUT2D eigenvalue weighted by atomic mass is 9.99. The maximum atomic E-state index is 10.4. The van der Waals surface area contributed by atoms with Crippen molar-refractivity contribution in [1.82, 2.24) is 0 Å². The van der Waals surface area contributed by atoms with Crippen molar-refractivity contribution >= 4 is 13.6 Å². The summed E-state index contributed by atoms with van der Waals surface area (Å²) in [6.45, 7) is 0.193. The van der Waals surface area contributed by atoms with Gasteiger partial charge in [0.2, 0.25) is 0 Å². The van der Waals surface area contributed by atoms with Gasteiger partial charge in [0.25, 0.3) is 0 Å². The Bertz CT molecular complexity index is 66.8. The number of Topliss-reactive ketones (excluding diaryl/α,β-unsaturated/α-hetero) is 1. The Morgan fingerprint density at radius 1 is 2.00 bits per heavy atom. The SMILES string of the molecule is [2H]CCC(=O)CC[B]. The lowest BCUT2D eigenvalue weighted by molar-refractivity contribution is -0.118. The molecule has 0 saturated heterocycles. The summed E-state index contributed by atoms with van der Waals surface area (Å²) in [6, 6.07) is 0. The molecule has 0 N–H and O–H groups in total. The van der Waals surface area contributed by atoms with Gasteiger partial charge in [-0.05, 0) is 6.42 Å². The van der Waals surface area contributed by atoms with E-state index >= 15 is 0 Å². The first kappa shape index (κ1) is 4.88. The van der Waals surface area contributed by atoms with Crippen LogP contribution in [0.25, 0.3) is 0 Å². The van der Waals surface area contributed by atoms with E-state index in [4.69, 9.17) is 9.22 Å². The largest absolute Gasteiger partial charge is 0.300 e. The van der Waals surface area contributed by atoms with E-state index in [0.717, 1.165) is 0 Å². The second kappa shape index (κ2) is 3.91. The Morgan fingerprint density at radius 3 is 3.14 bits per heavy atom. The van der Waals surface area contributed by atoms with Crippen molar-refractivity contribution in [3.8, 4) is 0 Å². The highest BCUT2D eigenvalue weighted by Crippen LogP contribution is 1.89. The van der Waals surface area contributed by atoms with Gasteiger partial charge in [-0.25, -0.2) is 0 Å². The molecule has 7 heavy (non-hydrogen) atoms. The lowest BCUT2D eigenvalue weighted by Gasteiger charge is -1.87. The molecule has 0 fully saturated rings. The molecule has 0 atom stereocenters. The zero-order valence-electron chi connectivity index (χ0n) is 5.31. The molecular weight excluding hydrogens is 86.9 g/mol. The summed E-state index contributed by atoms with van der Waals surface area (Å²) in [5.41, 5.74) is 0. The van der Waals surface area contributed by atoms with Crippen molar-refractivity contribution in [3.63, 3.8) is 0 Å². The van der Waals surface area contributed by atoms with Gasteiger partial charge in [-0.3, -0.25) is 4.79 Å². The Kier molecular flexibility index (Phi) is 2.73. The summed E-state index contributed by atoms with van der Waals surface area (Å²) < 4.78 is 6.65. The average Bonchev–Trinajstić information content (AvgIpc) is 1.68. The maximum absolute atomic E-state index is 10.4. The third-order valence-electron chi connectivity index (χ3n) is 0.702. The van der Waals surface area contributed by atoms with E-state index in [0.29, 0.717) is 19.2 Å². The minimum atomic E-state index is 0.0995. The second-order valence-corrected chi connectivity index (χ2v) is 1.33. The molecule has 2 heteroatoms. The predicted octanol–water partition coefficient (Wildman–Crippen LogP) is 0.942. The van der Waals surface area contributed by atoms with Crippen LogP contribution in [-0.2, 0) is 4.79 Å². The van der Waals surface area contributed by atoms with Crippen LogP contribution in [0.3, 0.4) is 0 Å². The smallest absolute Gasteiger partial charge is 0.131 e. The van der Waals surface area contributed by atoms with Crippen molar-refractivity contribution in [2.75, 3.05) is 0 Å². The van der Waals surface area contributed by atoms with Crippen molar-refractivity contribution in [2.24, 2.45) is 0 Å². The average molecular weight is 96.9 g/mol. The lowest BCUT2D eigenvalue weighted by Crippen LogP contribution is -1.92. The summed E-state index contributed by atoms with van der Waals surface area (Å²) in [5, 5.41) is 0. The zero-order valence-corrected chi connectivity index (χ0v) is 4.31. The minimum absolute atomic E-state index is 0.0995. The van der Waals surface area contributed by atoms with Crippen LogP contribution in [0.2, 0.25) is 6.32 Å². The first-order valence-corrected chi connectivity index (χ1v) is 2.32. The van der Waals surface area contributed by atoms with Gasteiger partial charge < -0.3 is 0 Å². The molecule has 0 spiro atoms. The molecule has 1 nitrogen and oxygen atoms in total. The molecule has 0 amide bonds. The van der Waals surface area contributed by atoms with Gasteiger partial charge >= 0.3 is 0 Å².